The second-order valence-corrected chi connectivity index (χ2v) is 18.8. The van der Waals surface area contributed by atoms with E-state index in [1.165, 1.54) is 30.5 Å². The number of carboxylic acid groups (broad SMARTS) is 1. The quantitative estimate of drug-likeness (QED) is 0.163. The van der Waals surface area contributed by atoms with Gasteiger partial charge in [-0.05, 0) is 131 Å². The van der Waals surface area contributed by atoms with Crippen molar-refractivity contribution in [2.75, 3.05) is 78.7 Å². The molecule has 19 heteroatoms. The summed E-state index contributed by atoms with van der Waals surface area (Å²) in [6.45, 7) is 9.05. The van der Waals surface area contributed by atoms with Crippen LogP contribution in [0.1, 0.15) is 83.6 Å². The molecule has 0 aliphatic carbocycles. The van der Waals surface area contributed by atoms with Crippen LogP contribution in [0, 0.1) is 11.6 Å². The smallest absolute Gasteiger partial charge is 0.317 e. The number of carbonyl (C=O) groups excluding carboxylic acids is 1. The zero-order valence-electron chi connectivity index (χ0n) is 40.0. The first-order valence-electron chi connectivity index (χ1n) is 25.0. The lowest BCUT2D eigenvalue weighted by molar-refractivity contribution is -0.138. The lowest BCUT2D eigenvalue weighted by Crippen LogP contribution is -2.41. The molecular formula is C52H60F2N12O5. The molecule has 10 heterocycles. The number of aromatic nitrogens is 8. The molecule has 0 spiro atoms. The minimum absolute atomic E-state index is 0.171. The van der Waals surface area contributed by atoms with Crippen molar-refractivity contribution in [3.8, 4) is 11.5 Å². The first-order chi connectivity index (χ1) is 34.8. The van der Waals surface area contributed by atoms with E-state index >= 15 is 0 Å². The van der Waals surface area contributed by atoms with Gasteiger partial charge in [0.15, 0.2) is 11.3 Å². The van der Waals surface area contributed by atoms with Gasteiger partial charge in [-0.15, -0.1) is 20.4 Å². The van der Waals surface area contributed by atoms with Crippen LogP contribution in [0.2, 0.25) is 0 Å². The Morgan fingerprint density at radius 3 is 1.68 bits per heavy atom. The zero-order valence-corrected chi connectivity index (χ0v) is 40.0. The van der Waals surface area contributed by atoms with Gasteiger partial charge in [0.1, 0.15) is 47.4 Å². The van der Waals surface area contributed by atoms with Crippen LogP contribution in [0.5, 0.6) is 11.5 Å². The van der Waals surface area contributed by atoms with E-state index in [2.05, 4.69) is 47.7 Å². The number of carbonyl (C=O) groups is 2. The number of hydrogen-bond donors (Lipinski definition) is 2. The Hall–Kier alpha value is -6.70. The van der Waals surface area contributed by atoms with E-state index in [9.17, 15) is 18.4 Å². The average Bonchev–Trinajstić information content (AvgIpc) is 4.25. The number of fused-ring (bicyclic) bond motifs is 4. The van der Waals surface area contributed by atoms with Crippen LogP contribution < -0.4 is 14.8 Å². The SMILES string of the molecule is Fc1ccc2c(c1CCc1ncc(C3=CCNCC3)c3nncn13)CCO2.O=C(CN1CCCC1)N1CC=C(c2cnc(CCc3c(F)ccc4c3CCO4)n3cnnc23)CC1.O=C(O)CN1CCCC1. The molecule has 2 saturated heterocycles. The summed E-state index contributed by atoms with van der Waals surface area (Å²) in [7, 11) is 0. The highest BCUT2D eigenvalue weighted by Crippen LogP contribution is 2.33. The molecule has 2 aromatic carbocycles. The van der Waals surface area contributed by atoms with Crippen molar-refractivity contribution in [3.63, 3.8) is 0 Å². The number of aliphatic carboxylic acids is 1. The summed E-state index contributed by atoms with van der Waals surface area (Å²) >= 11 is 0. The Labute approximate surface area is 410 Å². The van der Waals surface area contributed by atoms with Gasteiger partial charge in [-0.1, -0.05) is 12.2 Å². The van der Waals surface area contributed by atoms with Crippen LogP contribution in [0.3, 0.4) is 0 Å². The van der Waals surface area contributed by atoms with Crippen molar-refractivity contribution in [3.05, 3.63) is 118 Å². The number of aryl methyl sites for hydroxylation is 2. The van der Waals surface area contributed by atoms with Gasteiger partial charge >= 0.3 is 5.97 Å². The maximum absolute atomic E-state index is 14.6. The Morgan fingerprint density at radius 2 is 1.18 bits per heavy atom. The first kappa shape index (κ1) is 48.0. The van der Waals surface area contributed by atoms with Gasteiger partial charge < -0.3 is 24.8 Å². The molecule has 0 atom stereocenters. The largest absolute Gasteiger partial charge is 0.493 e. The van der Waals surface area contributed by atoms with E-state index in [1.807, 2.05) is 31.0 Å². The summed E-state index contributed by atoms with van der Waals surface area (Å²) in [6, 6.07) is 6.41. The lowest BCUT2D eigenvalue weighted by atomic mass is 9.99. The summed E-state index contributed by atoms with van der Waals surface area (Å²) in [6.07, 6.45) is 21.6. The van der Waals surface area contributed by atoms with Crippen molar-refractivity contribution in [1.29, 1.82) is 0 Å². The molecule has 12 rings (SSSR count). The zero-order chi connectivity index (χ0) is 48.7. The van der Waals surface area contributed by atoms with E-state index in [0.29, 0.717) is 64.1 Å². The highest BCUT2D eigenvalue weighted by molar-refractivity contribution is 5.82. The summed E-state index contributed by atoms with van der Waals surface area (Å²) in [5.41, 5.74) is 9.32. The number of amides is 1. The first-order valence-corrected chi connectivity index (χ1v) is 25.0. The van der Waals surface area contributed by atoms with Gasteiger partial charge in [-0.2, -0.15) is 0 Å². The van der Waals surface area contributed by atoms with Gasteiger partial charge in [0, 0.05) is 80.0 Å². The number of nitrogens with one attached hydrogen (secondary N) is 1. The fourth-order valence-corrected chi connectivity index (χ4v) is 10.6. The topological polar surface area (TPSA) is 181 Å². The van der Waals surface area contributed by atoms with E-state index < -0.39 is 5.97 Å². The third-order valence-electron chi connectivity index (χ3n) is 14.3. The van der Waals surface area contributed by atoms with Crippen LogP contribution in [-0.2, 0) is 48.1 Å². The number of likely N-dealkylation sites (tertiary alicyclic amines) is 2. The van der Waals surface area contributed by atoms with Gasteiger partial charge in [0.05, 0.1) is 26.3 Å². The van der Waals surface area contributed by atoms with E-state index in [-0.39, 0.29) is 24.1 Å². The number of benzene rings is 2. The molecule has 0 unspecified atom stereocenters. The number of nitrogens with zero attached hydrogens (tertiary/aromatic N) is 11. The Kier molecular flexibility index (Phi) is 15.0. The molecule has 1 amide bonds. The second kappa shape index (κ2) is 22.2. The number of halogens is 2. The van der Waals surface area contributed by atoms with E-state index in [4.69, 9.17) is 19.6 Å². The molecule has 0 radical (unpaired) electrons. The van der Waals surface area contributed by atoms with Gasteiger partial charge in [-0.3, -0.25) is 28.2 Å². The summed E-state index contributed by atoms with van der Waals surface area (Å²) in [5, 5.41) is 28.5. The summed E-state index contributed by atoms with van der Waals surface area (Å²) in [5.74, 6) is 2.36. The number of ether oxygens (including phenoxy) is 2. The molecule has 71 heavy (non-hydrogen) atoms. The molecular weight excluding hydrogens is 911 g/mol. The molecule has 372 valence electrons. The molecule has 6 aliphatic rings. The number of rotatable bonds is 12. The third-order valence-corrected chi connectivity index (χ3v) is 14.3. The maximum atomic E-state index is 14.6. The predicted molar refractivity (Wildman–Crippen MR) is 261 cm³/mol. The Bertz CT molecular complexity index is 2960. The van der Waals surface area contributed by atoms with Crippen molar-refractivity contribution in [2.24, 2.45) is 0 Å². The maximum Gasteiger partial charge on any atom is 0.317 e. The minimum atomic E-state index is -0.711. The Balaban J connectivity index is 0.000000143. The predicted octanol–water partition coefficient (Wildman–Crippen LogP) is 5.22. The normalized spacial score (nSPS) is 17.7. The van der Waals surface area contributed by atoms with Crippen LogP contribution in [0.15, 0.2) is 61.5 Å². The van der Waals surface area contributed by atoms with Crippen molar-refractivity contribution < 1.29 is 33.0 Å². The molecule has 0 saturated carbocycles. The molecule has 2 fully saturated rings. The highest BCUT2D eigenvalue weighted by atomic mass is 19.1. The fraction of sp³-hybridized carbons (Fsp3) is 0.462. The molecule has 6 aliphatic heterocycles. The van der Waals surface area contributed by atoms with Gasteiger partial charge in [0.2, 0.25) is 5.91 Å². The molecule has 6 aromatic rings. The van der Waals surface area contributed by atoms with Crippen LogP contribution >= 0.6 is 0 Å². The minimum Gasteiger partial charge on any atom is -0.493 e. The fourth-order valence-electron chi connectivity index (χ4n) is 10.6. The monoisotopic (exact) mass is 970 g/mol. The van der Waals surface area contributed by atoms with E-state index in [0.717, 1.165) is 146 Å². The second-order valence-electron chi connectivity index (χ2n) is 18.8. The van der Waals surface area contributed by atoms with Gasteiger partial charge in [-0.25, -0.2) is 18.7 Å². The number of hydrogen-bond acceptors (Lipinski definition) is 13. The molecule has 0 bridgehead atoms. The van der Waals surface area contributed by atoms with E-state index in [1.54, 1.807) is 24.8 Å². The molecule has 17 nitrogen and oxygen atoms in total. The van der Waals surface area contributed by atoms with Crippen molar-refractivity contribution in [2.45, 2.75) is 77.0 Å². The summed E-state index contributed by atoms with van der Waals surface area (Å²) in [4.78, 5) is 38.3. The third kappa shape index (κ3) is 11.0. The van der Waals surface area contributed by atoms with Crippen LogP contribution in [-0.4, -0.2) is 150 Å². The number of carboxylic acids is 1. The molecule has 2 N–H and O–H groups in total. The van der Waals surface area contributed by atoms with Crippen LogP contribution in [0.4, 0.5) is 8.78 Å². The average molecular weight is 971 g/mol. The van der Waals surface area contributed by atoms with Crippen molar-refractivity contribution >= 4 is 34.3 Å². The highest BCUT2D eigenvalue weighted by Gasteiger charge is 2.26. The van der Waals surface area contributed by atoms with Crippen molar-refractivity contribution in [1.82, 2.24) is 59.2 Å². The van der Waals surface area contributed by atoms with Gasteiger partial charge in [0.25, 0.3) is 0 Å². The standard InChI is InChI=1S/C26H29FN6O2.C20H20FN5O.C6H11NO2/c27-22-4-5-23-20(9-14-35-23)19(22)3-6-24-28-15-21(26-30-29-17-33(24)26)18-7-12-32(13-8-18)25(34)16-31-10-1-2-11-31;21-17-2-3-18-15(7-10-27-18)14(17)1-4-19-23-11-16(13-5-8-22-9-6-13)20-25-24-12-26(19)20;8-6(9)5-7-3-1-2-4-7/h4-5,7,15,17H,1-3,6,8-14,16H2;2-3,5,11-12,22H,1,4,6-10H2;1-5H2,(H,8,9). The summed E-state index contributed by atoms with van der Waals surface area (Å²) < 4.78 is 43.9. The Morgan fingerprint density at radius 1 is 0.648 bits per heavy atom. The van der Waals surface area contributed by atoms with Crippen LogP contribution in [0.25, 0.3) is 22.4 Å². The lowest BCUT2D eigenvalue weighted by Gasteiger charge is -2.28. The molecule has 4 aromatic heterocycles.